The van der Waals surface area contributed by atoms with Crippen LogP contribution in [-0.4, -0.2) is 63.4 Å². The van der Waals surface area contributed by atoms with Gasteiger partial charge in [0.25, 0.3) is 0 Å². The third kappa shape index (κ3) is 7.35. The normalized spacial score (nSPS) is 15.0. The van der Waals surface area contributed by atoms with Gasteiger partial charge in [0.15, 0.2) is 0 Å². The third-order valence-electron chi connectivity index (χ3n) is 4.29. The first kappa shape index (κ1) is 23.1. The number of aliphatic carboxylic acids is 1. The highest BCUT2D eigenvalue weighted by molar-refractivity contribution is 5.93. The van der Waals surface area contributed by atoms with E-state index >= 15 is 0 Å². The van der Waals surface area contributed by atoms with Crippen molar-refractivity contribution < 1.29 is 24.3 Å². The van der Waals surface area contributed by atoms with E-state index in [4.69, 9.17) is 10.8 Å². The van der Waals surface area contributed by atoms with Gasteiger partial charge in [0.05, 0.1) is 12.4 Å². The van der Waals surface area contributed by atoms with Crippen LogP contribution in [0.15, 0.2) is 12.5 Å². The Morgan fingerprint density at radius 1 is 1.18 bits per heavy atom. The summed E-state index contributed by atoms with van der Waals surface area (Å²) in [6.45, 7) is 4.53. The summed E-state index contributed by atoms with van der Waals surface area (Å²) in [4.78, 5) is 54.1. The molecule has 0 bridgehead atoms. The molecular formula is C17H28N6O5. The monoisotopic (exact) mass is 396 g/mol. The molecule has 1 rings (SSSR count). The fourth-order valence-corrected chi connectivity index (χ4v) is 2.37. The highest BCUT2D eigenvalue weighted by Crippen LogP contribution is 2.09. The molecule has 0 radical (unpaired) electrons. The molecule has 0 fully saturated rings. The molecule has 0 aromatic carbocycles. The number of carboxylic acid groups (broad SMARTS) is 1. The van der Waals surface area contributed by atoms with Crippen LogP contribution < -0.4 is 21.7 Å². The zero-order valence-electron chi connectivity index (χ0n) is 16.2. The first-order valence-corrected chi connectivity index (χ1v) is 8.98. The Bertz CT molecular complexity index is 678. The smallest absolute Gasteiger partial charge is 0.322 e. The lowest BCUT2D eigenvalue weighted by Crippen LogP contribution is -2.57. The van der Waals surface area contributed by atoms with E-state index in [9.17, 15) is 19.2 Å². The number of carbonyl (C=O) groups excluding carboxylic acids is 3. The number of amides is 3. The topological polar surface area (TPSA) is 179 Å². The Kier molecular flexibility index (Phi) is 9.09. The van der Waals surface area contributed by atoms with Crippen LogP contribution in [0.4, 0.5) is 0 Å². The van der Waals surface area contributed by atoms with Crippen molar-refractivity contribution in [1.82, 2.24) is 25.9 Å². The largest absolute Gasteiger partial charge is 0.480 e. The van der Waals surface area contributed by atoms with Gasteiger partial charge in [-0.3, -0.25) is 19.2 Å². The molecule has 1 aromatic rings. The maximum atomic E-state index is 12.6. The van der Waals surface area contributed by atoms with E-state index in [0.717, 1.165) is 0 Å². The first-order chi connectivity index (χ1) is 13.1. The number of carbonyl (C=O) groups is 4. The van der Waals surface area contributed by atoms with Gasteiger partial charge in [0.1, 0.15) is 18.6 Å². The average molecular weight is 396 g/mol. The summed E-state index contributed by atoms with van der Waals surface area (Å²) in [5, 5.41) is 15.9. The second-order valence-corrected chi connectivity index (χ2v) is 6.60. The lowest BCUT2D eigenvalue weighted by molar-refractivity contribution is -0.138. The molecule has 0 saturated heterocycles. The van der Waals surface area contributed by atoms with Crippen molar-refractivity contribution in [3.63, 3.8) is 0 Å². The zero-order valence-corrected chi connectivity index (χ0v) is 16.2. The highest BCUT2D eigenvalue weighted by Gasteiger charge is 2.30. The Labute approximate surface area is 162 Å². The van der Waals surface area contributed by atoms with E-state index in [1.807, 2.05) is 6.92 Å². The van der Waals surface area contributed by atoms with Crippen LogP contribution in [0.3, 0.4) is 0 Å². The van der Waals surface area contributed by atoms with E-state index in [-0.39, 0.29) is 12.3 Å². The van der Waals surface area contributed by atoms with Crippen LogP contribution in [0.25, 0.3) is 0 Å². The lowest BCUT2D eigenvalue weighted by Gasteiger charge is -2.26. The molecule has 0 aliphatic rings. The second-order valence-electron chi connectivity index (χ2n) is 6.60. The van der Waals surface area contributed by atoms with E-state index in [1.54, 1.807) is 13.1 Å². The van der Waals surface area contributed by atoms with Crippen molar-refractivity contribution in [3.05, 3.63) is 18.2 Å². The predicted octanol–water partition coefficient (Wildman–Crippen LogP) is -1.48. The van der Waals surface area contributed by atoms with Crippen LogP contribution in [0.1, 0.15) is 32.9 Å². The number of nitrogens with one attached hydrogen (secondary N) is 4. The average Bonchev–Trinajstić information content (AvgIpc) is 3.15. The maximum Gasteiger partial charge on any atom is 0.322 e. The molecule has 1 heterocycles. The van der Waals surface area contributed by atoms with Gasteiger partial charge in [-0.2, -0.15) is 0 Å². The minimum Gasteiger partial charge on any atom is -0.480 e. The number of carboxylic acids is 1. The number of hydrogen-bond acceptors (Lipinski definition) is 6. The molecule has 0 aliphatic carbocycles. The van der Waals surface area contributed by atoms with Crippen LogP contribution in [0.5, 0.6) is 0 Å². The molecule has 0 saturated carbocycles. The molecule has 7 N–H and O–H groups in total. The number of imidazole rings is 1. The molecule has 28 heavy (non-hydrogen) atoms. The van der Waals surface area contributed by atoms with Gasteiger partial charge in [0.2, 0.25) is 17.7 Å². The maximum absolute atomic E-state index is 12.6. The van der Waals surface area contributed by atoms with Crippen LogP contribution >= 0.6 is 0 Å². The number of aromatic nitrogens is 2. The van der Waals surface area contributed by atoms with Gasteiger partial charge < -0.3 is 31.8 Å². The van der Waals surface area contributed by atoms with Crippen molar-refractivity contribution in [3.8, 4) is 0 Å². The zero-order chi connectivity index (χ0) is 21.3. The Hall–Kier alpha value is -2.95. The number of hydrogen-bond donors (Lipinski definition) is 6. The Morgan fingerprint density at radius 3 is 2.39 bits per heavy atom. The van der Waals surface area contributed by atoms with E-state index in [0.29, 0.717) is 12.1 Å². The molecule has 11 heteroatoms. The Morgan fingerprint density at radius 2 is 1.86 bits per heavy atom. The summed E-state index contributed by atoms with van der Waals surface area (Å²) >= 11 is 0. The number of nitrogens with two attached hydrogens (primary N) is 1. The van der Waals surface area contributed by atoms with Crippen LogP contribution in [0, 0.1) is 5.92 Å². The summed E-state index contributed by atoms with van der Waals surface area (Å²) in [5.41, 5.74) is 6.60. The molecule has 3 amide bonds. The number of H-pyrrole nitrogens is 1. The van der Waals surface area contributed by atoms with Crippen molar-refractivity contribution in [2.75, 3.05) is 6.54 Å². The minimum absolute atomic E-state index is 0.211. The van der Waals surface area contributed by atoms with Gasteiger partial charge in [-0.25, -0.2) is 4.98 Å². The predicted molar refractivity (Wildman–Crippen MR) is 99.9 cm³/mol. The molecular weight excluding hydrogens is 368 g/mol. The van der Waals surface area contributed by atoms with Gasteiger partial charge in [-0.15, -0.1) is 0 Å². The number of nitrogens with zero attached hydrogens (tertiary/aromatic N) is 1. The van der Waals surface area contributed by atoms with Crippen LogP contribution in [0.2, 0.25) is 0 Å². The van der Waals surface area contributed by atoms with E-state index in [2.05, 4.69) is 25.9 Å². The second kappa shape index (κ2) is 11.0. The van der Waals surface area contributed by atoms with Gasteiger partial charge in [-0.05, 0) is 12.8 Å². The highest BCUT2D eigenvalue weighted by atomic mass is 16.4. The molecule has 0 aliphatic heterocycles. The van der Waals surface area contributed by atoms with Crippen molar-refractivity contribution in [2.45, 2.75) is 51.7 Å². The quantitative estimate of drug-likeness (QED) is 0.264. The molecule has 0 spiro atoms. The molecule has 4 unspecified atom stereocenters. The summed E-state index contributed by atoms with van der Waals surface area (Å²) < 4.78 is 0. The standard InChI is InChI=1S/C17H28N6O5/c1-4-9(2)14(17(28)22-10(3)15(26)20-7-13(24)25)23-16(27)12(18)5-11-6-19-8-21-11/h6,8-10,12,14H,4-5,7,18H2,1-3H3,(H,19,21)(H,20,26)(H,22,28)(H,23,27)(H,24,25). The first-order valence-electron chi connectivity index (χ1n) is 8.98. The summed E-state index contributed by atoms with van der Waals surface area (Å²) in [7, 11) is 0. The van der Waals surface area contributed by atoms with Crippen molar-refractivity contribution >= 4 is 23.7 Å². The fourth-order valence-electron chi connectivity index (χ4n) is 2.37. The van der Waals surface area contributed by atoms with Gasteiger partial charge in [-0.1, -0.05) is 20.3 Å². The molecule has 11 nitrogen and oxygen atoms in total. The molecule has 156 valence electrons. The third-order valence-corrected chi connectivity index (χ3v) is 4.29. The lowest BCUT2D eigenvalue weighted by atomic mass is 9.97. The SMILES string of the molecule is CCC(C)C(NC(=O)C(N)Cc1cnc[nH]1)C(=O)NC(C)C(=O)NCC(=O)O. The minimum atomic E-state index is -1.19. The molecule has 4 atom stereocenters. The van der Waals surface area contributed by atoms with E-state index < -0.39 is 48.4 Å². The summed E-state index contributed by atoms with van der Waals surface area (Å²) in [6.07, 6.45) is 3.87. The number of rotatable bonds is 11. The van der Waals surface area contributed by atoms with E-state index in [1.165, 1.54) is 13.3 Å². The van der Waals surface area contributed by atoms with Gasteiger partial charge >= 0.3 is 5.97 Å². The van der Waals surface area contributed by atoms with Crippen molar-refractivity contribution in [1.29, 1.82) is 0 Å². The van der Waals surface area contributed by atoms with Crippen LogP contribution in [-0.2, 0) is 25.6 Å². The Balaban J connectivity index is 2.70. The number of aromatic amines is 1. The van der Waals surface area contributed by atoms with Gasteiger partial charge in [0, 0.05) is 18.3 Å². The summed E-state index contributed by atoms with van der Waals surface area (Å²) in [5.74, 6) is -3.09. The van der Waals surface area contributed by atoms with Crippen molar-refractivity contribution in [2.24, 2.45) is 11.7 Å². The molecule has 1 aromatic heterocycles. The summed E-state index contributed by atoms with van der Waals surface area (Å²) in [6, 6.07) is -2.73. The fraction of sp³-hybridized carbons (Fsp3) is 0.588.